The maximum absolute atomic E-state index is 12.9. The summed E-state index contributed by atoms with van der Waals surface area (Å²) in [6.07, 6.45) is -0.876. The molecule has 0 saturated carbocycles. The predicted octanol–water partition coefficient (Wildman–Crippen LogP) is 4.49. The molecular formula is C18H21F3N2O. The Hall–Kier alpha value is -2.24. The third-order valence-corrected chi connectivity index (χ3v) is 3.91. The van der Waals surface area contributed by atoms with Crippen LogP contribution < -0.4 is 0 Å². The SMILES string of the molecule is CCCCN(Cc1cccn1C)C(=O)c1cccc(C(F)(F)F)c1. The van der Waals surface area contributed by atoms with Gasteiger partial charge in [0.1, 0.15) is 0 Å². The second kappa shape index (κ2) is 7.55. The van der Waals surface area contributed by atoms with E-state index in [2.05, 4.69) is 0 Å². The second-order valence-corrected chi connectivity index (χ2v) is 5.77. The van der Waals surface area contributed by atoms with Crippen LogP contribution in [0, 0.1) is 0 Å². The number of carbonyl (C=O) groups is 1. The molecule has 1 aromatic carbocycles. The summed E-state index contributed by atoms with van der Waals surface area (Å²) in [7, 11) is 1.88. The smallest absolute Gasteiger partial charge is 0.353 e. The monoisotopic (exact) mass is 338 g/mol. The largest absolute Gasteiger partial charge is 0.416 e. The summed E-state index contributed by atoms with van der Waals surface area (Å²) in [5.41, 5.74) is 0.198. The number of alkyl halides is 3. The van der Waals surface area contributed by atoms with Gasteiger partial charge in [-0.1, -0.05) is 19.4 Å². The number of rotatable bonds is 6. The number of hydrogen-bond acceptors (Lipinski definition) is 1. The van der Waals surface area contributed by atoms with E-state index in [9.17, 15) is 18.0 Å². The van der Waals surface area contributed by atoms with Crippen molar-refractivity contribution in [2.24, 2.45) is 7.05 Å². The van der Waals surface area contributed by atoms with Crippen molar-refractivity contribution in [2.75, 3.05) is 6.54 Å². The van der Waals surface area contributed by atoms with Gasteiger partial charge in [-0.2, -0.15) is 13.2 Å². The average molecular weight is 338 g/mol. The molecule has 3 nitrogen and oxygen atoms in total. The van der Waals surface area contributed by atoms with Gasteiger partial charge in [0.15, 0.2) is 0 Å². The van der Waals surface area contributed by atoms with Crippen LogP contribution in [0.5, 0.6) is 0 Å². The topological polar surface area (TPSA) is 25.2 Å². The van der Waals surface area contributed by atoms with Crippen LogP contribution in [0.1, 0.15) is 41.4 Å². The number of hydrogen-bond donors (Lipinski definition) is 0. The molecule has 0 saturated heterocycles. The second-order valence-electron chi connectivity index (χ2n) is 5.77. The lowest BCUT2D eigenvalue weighted by Gasteiger charge is -2.23. The van der Waals surface area contributed by atoms with Crippen molar-refractivity contribution in [1.82, 2.24) is 9.47 Å². The fourth-order valence-corrected chi connectivity index (χ4v) is 2.47. The Morgan fingerprint density at radius 3 is 2.54 bits per heavy atom. The summed E-state index contributed by atoms with van der Waals surface area (Å²) in [6.45, 7) is 2.89. The average Bonchev–Trinajstić information content (AvgIpc) is 2.95. The summed E-state index contributed by atoms with van der Waals surface area (Å²) in [5.74, 6) is -0.379. The van der Waals surface area contributed by atoms with Gasteiger partial charge in [-0.3, -0.25) is 4.79 Å². The van der Waals surface area contributed by atoms with Gasteiger partial charge >= 0.3 is 6.18 Å². The van der Waals surface area contributed by atoms with Crippen molar-refractivity contribution >= 4 is 5.91 Å². The Balaban J connectivity index is 2.25. The van der Waals surface area contributed by atoms with Gasteiger partial charge in [-0.15, -0.1) is 0 Å². The van der Waals surface area contributed by atoms with Gasteiger partial charge in [0.25, 0.3) is 5.91 Å². The number of aryl methyl sites for hydroxylation is 1. The first-order valence-electron chi connectivity index (χ1n) is 7.89. The lowest BCUT2D eigenvalue weighted by molar-refractivity contribution is -0.137. The highest BCUT2D eigenvalue weighted by Crippen LogP contribution is 2.29. The van der Waals surface area contributed by atoms with Crippen molar-refractivity contribution in [3.8, 4) is 0 Å². The van der Waals surface area contributed by atoms with E-state index in [1.165, 1.54) is 12.1 Å². The van der Waals surface area contributed by atoms with E-state index in [1.807, 2.05) is 36.9 Å². The Morgan fingerprint density at radius 2 is 1.96 bits per heavy atom. The third kappa shape index (κ3) is 4.40. The van der Waals surface area contributed by atoms with Gasteiger partial charge in [-0.25, -0.2) is 0 Å². The molecule has 0 atom stereocenters. The fraction of sp³-hybridized carbons (Fsp3) is 0.389. The Kier molecular flexibility index (Phi) is 5.70. The molecule has 1 heterocycles. The molecule has 0 spiro atoms. The van der Waals surface area contributed by atoms with Crippen LogP contribution in [0.15, 0.2) is 42.6 Å². The van der Waals surface area contributed by atoms with Crippen LogP contribution in [0.3, 0.4) is 0 Å². The van der Waals surface area contributed by atoms with Gasteiger partial charge in [0.05, 0.1) is 12.1 Å². The van der Waals surface area contributed by atoms with Crippen molar-refractivity contribution < 1.29 is 18.0 Å². The minimum atomic E-state index is -4.46. The Labute approximate surface area is 139 Å². The molecule has 0 fully saturated rings. The van der Waals surface area contributed by atoms with E-state index in [-0.39, 0.29) is 11.5 Å². The fourth-order valence-electron chi connectivity index (χ4n) is 2.47. The normalized spacial score (nSPS) is 11.5. The number of carbonyl (C=O) groups excluding carboxylic acids is 1. The molecule has 0 aliphatic heterocycles. The zero-order valence-electron chi connectivity index (χ0n) is 13.8. The highest BCUT2D eigenvalue weighted by atomic mass is 19.4. The molecule has 0 aliphatic carbocycles. The lowest BCUT2D eigenvalue weighted by atomic mass is 10.1. The van der Waals surface area contributed by atoms with Crippen molar-refractivity contribution in [1.29, 1.82) is 0 Å². The highest BCUT2D eigenvalue weighted by molar-refractivity contribution is 5.94. The van der Waals surface area contributed by atoms with Crippen LogP contribution in [0.4, 0.5) is 13.2 Å². The summed E-state index contributed by atoms with van der Waals surface area (Å²) in [5, 5.41) is 0. The van der Waals surface area contributed by atoms with Gasteiger partial charge in [0, 0.05) is 31.0 Å². The van der Waals surface area contributed by atoms with E-state index in [0.717, 1.165) is 30.7 Å². The Morgan fingerprint density at radius 1 is 1.21 bits per heavy atom. The molecule has 0 bridgehead atoms. The van der Waals surface area contributed by atoms with E-state index < -0.39 is 11.7 Å². The zero-order chi connectivity index (χ0) is 17.7. The molecule has 2 aromatic rings. The van der Waals surface area contributed by atoms with Crippen LogP contribution >= 0.6 is 0 Å². The van der Waals surface area contributed by atoms with E-state index in [0.29, 0.717) is 13.1 Å². The summed E-state index contributed by atoms with van der Waals surface area (Å²) in [6, 6.07) is 8.38. The number of benzene rings is 1. The molecule has 2 rings (SSSR count). The molecule has 24 heavy (non-hydrogen) atoms. The summed E-state index contributed by atoms with van der Waals surface area (Å²) >= 11 is 0. The molecular weight excluding hydrogens is 317 g/mol. The standard InChI is InChI=1S/C18H21F3N2O/c1-3-4-11-23(13-16-9-6-10-22(16)2)17(24)14-7-5-8-15(12-14)18(19,20)21/h5-10,12H,3-4,11,13H2,1-2H3. The van der Waals surface area contributed by atoms with E-state index in [4.69, 9.17) is 0 Å². The molecule has 1 aromatic heterocycles. The maximum Gasteiger partial charge on any atom is 0.416 e. The van der Waals surface area contributed by atoms with Gasteiger partial charge < -0.3 is 9.47 Å². The number of aromatic nitrogens is 1. The molecule has 130 valence electrons. The third-order valence-electron chi connectivity index (χ3n) is 3.91. The van der Waals surface area contributed by atoms with Crippen LogP contribution in [0.2, 0.25) is 0 Å². The first-order chi connectivity index (χ1) is 11.3. The maximum atomic E-state index is 12.9. The molecule has 6 heteroatoms. The first-order valence-corrected chi connectivity index (χ1v) is 7.89. The van der Waals surface area contributed by atoms with Crippen LogP contribution in [0.25, 0.3) is 0 Å². The summed E-state index contributed by atoms with van der Waals surface area (Å²) in [4.78, 5) is 14.3. The van der Waals surface area contributed by atoms with Crippen molar-refractivity contribution in [3.05, 3.63) is 59.4 Å². The predicted molar refractivity (Wildman–Crippen MR) is 86.5 cm³/mol. The van der Waals surface area contributed by atoms with E-state index >= 15 is 0 Å². The number of amides is 1. The number of halogens is 3. The highest BCUT2D eigenvalue weighted by Gasteiger charge is 2.31. The zero-order valence-corrected chi connectivity index (χ0v) is 13.8. The lowest BCUT2D eigenvalue weighted by Crippen LogP contribution is -2.32. The van der Waals surface area contributed by atoms with Gasteiger partial charge in [0.2, 0.25) is 0 Å². The molecule has 0 aliphatic rings. The Bertz CT molecular complexity index is 692. The molecule has 1 amide bonds. The number of nitrogens with zero attached hydrogens (tertiary/aromatic N) is 2. The van der Waals surface area contributed by atoms with Crippen LogP contribution in [-0.4, -0.2) is 21.9 Å². The van der Waals surface area contributed by atoms with E-state index in [1.54, 1.807) is 4.90 Å². The molecule has 0 radical (unpaired) electrons. The van der Waals surface area contributed by atoms with Crippen molar-refractivity contribution in [2.45, 2.75) is 32.5 Å². The molecule has 0 N–H and O–H groups in total. The molecule has 0 unspecified atom stereocenters. The first kappa shape index (κ1) is 18.1. The number of unbranched alkanes of at least 4 members (excludes halogenated alkanes) is 1. The quantitative estimate of drug-likeness (QED) is 0.762. The minimum Gasteiger partial charge on any atom is -0.353 e. The minimum absolute atomic E-state index is 0.0649. The van der Waals surface area contributed by atoms with Gasteiger partial charge in [-0.05, 0) is 36.8 Å². The van der Waals surface area contributed by atoms with Crippen LogP contribution in [-0.2, 0) is 19.8 Å². The summed E-state index contributed by atoms with van der Waals surface area (Å²) < 4.78 is 40.5. The van der Waals surface area contributed by atoms with Crippen molar-refractivity contribution in [3.63, 3.8) is 0 Å².